The molecule has 0 aliphatic carbocycles. The number of benzene rings is 1. The number of aromatic carboxylic acids is 1. The van der Waals surface area contributed by atoms with Crippen LogP contribution in [-0.4, -0.2) is 22.1 Å². The van der Waals surface area contributed by atoms with Gasteiger partial charge in [-0.05, 0) is 42.5 Å². The first kappa shape index (κ1) is 15.3. The zero-order valence-electron chi connectivity index (χ0n) is 11.4. The van der Waals surface area contributed by atoms with E-state index in [1.807, 2.05) is 0 Å². The summed E-state index contributed by atoms with van der Waals surface area (Å²) in [5.74, 6) is -0.579. The fourth-order valence-electron chi connectivity index (χ4n) is 2.05. The van der Waals surface area contributed by atoms with Crippen molar-refractivity contribution < 1.29 is 19.1 Å². The van der Waals surface area contributed by atoms with Gasteiger partial charge in [0.25, 0.3) is 5.91 Å². The quantitative estimate of drug-likeness (QED) is 0.583. The van der Waals surface area contributed by atoms with Gasteiger partial charge in [-0.15, -0.1) is 0 Å². The first-order chi connectivity index (χ1) is 10.9. The topological polar surface area (TPSA) is 91.6 Å². The van der Waals surface area contributed by atoms with Crippen molar-refractivity contribution in [2.75, 3.05) is 0 Å². The first-order valence-corrected chi connectivity index (χ1v) is 7.20. The van der Waals surface area contributed by atoms with Gasteiger partial charge in [-0.2, -0.15) is 0 Å². The van der Waals surface area contributed by atoms with Gasteiger partial charge in [-0.25, -0.2) is 4.79 Å². The van der Waals surface area contributed by atoms with E-state index in [1.54, 1.807) is 18.2 Å². The highest BCUT2D eigenvalue weighted by molar-refractivity contribution is 7.80. The second-order valence-electron chi connectivity index (χ2n) is 4.67. The standard InChI is InChI=1S/C15H9ClN2O4S/c16-10-3-1-7(5-9(10)14(20)21)12-4-2-8(22-12)6-11-13(19)18-15(23)17-11/h1-6H,(H,20,21)(H2,17,18,19,23)/b11-6+. The summed E-state index contributed by atoms with van der Waals surface area (Å²) in [7, 11) is 0. The lowest BCUT2D eigenvalue weighted by molar-refractivity contribution is -0.115. The van der Waals surface area contributed by atoms with Gasteiger partial charge in [0.2, 0.25) is 0 Å². The Hall–Kier alpha value is -2.64. The smallest absolute Gasteiger partial charge is 0.337 e. The minimum absolute atomic E-state index is 0.0114. The molecule has 1 aromatic heterocycles. The molecule has 2 heterocycles. The Balaban J connectivity index is 1.92. The summed E-state index contributed by atoms with van der Waals surface area (Å²) in [5, 5.41) is 14.6. The molecule has 0 spiro atoms. The normalized spacial score (nSPS) is 15.6. The molecule has 1 aromatic carbocycles. The molecule has 0 unspecified atom stereocenters. The minimum atomic E-state index is -1.12. The van der Waals surface area contributed by atoms with Gasteiger partial charge < -0.3 is 14.8 Å². The number of carboxylic acid groups (broad SMARTS) is 1. The molecule has 0 saturated carbocycles. The average Bonchev–Trinajstić information content (AvgIpc) is 3.06. The third kappa shape index (κ3) is 3.10. The molecule has 8 heteroatoms. The third-order valence-corrected chi connectivity index (χ3v) is 3.65. The molecule has 3 rings (SSSR count). The summed E-state index contributed by atoms with van der Waals surface area (Å²) >= 11 is 10.7. The number of hydrogen-bond donors (Lipinski definition) is 3. The zero-order valence-corrected chi connectivity index (χ0v) is 13.0. The molecule has 1 aliphatic heterocycles. The van der Waals surface area contributed by atoms with E-state index in [2.05, 4.69) is 10.6 Å². The molecular formula is C15H9ClN2O4S. The number of furan rings is 1. The molecule has 0 radical (unpaired) electrons. The Morgan fingerprint density at radius 3 is 2.70 bits per heavy atom. The van der Waals surface area contributed by atoms with Gasteiger partial charge in [0.05, 0.1) is 10.6 Å². The van der Waals surface area contributed by atoms with E-state index in [9.17, 15) is 9.59 Å². The largest absolute Gasteiger partial charge is 0.478 e. The van der Waals surface area contributed by atoms with Crippen LogP contribution in [0.4, 0.5) is 0 Å². The van der Waals surface area contributed by atoms with Crippen LogP contribution in [0.15, 0.2) is 40.4 Å². The lowest BCUT2D eigenvalue weighted by atomic mass is 10.1. The van der Waals surface area contributed by atoms with Crippen LogP contribution in [0.2, 0.25) is 5.02 Å². The van der Waals surface area contributed by atoms with E-state index in [0.717, 1.165) is 0 Å². The van der Waals surface area contributed by atoms with E-state index < -0.39 is 5.97 Å². The number of carbonyl (C=O) groups is 2. The highest BCUT2D eigenvalue weighted by atomic mass is 35.5. The van der Waals surface area contributed by atoms with Crippen molar-refractivity contribution in [3.8, 4) is 11.3 Å². The Morgan fingerprint density at radius 2 is 2.04 bits per heavy atom. The van der Waals surface area contributed by atoms with Crippen molar-refractivity contribution in [3.63, 3.8) is 0 Å². The fourth-order valence-corrected chi connectivity index (χ4v) is 2.45. The highest BCUT2D eigenvalue weighted by Gasteiger charge is 2.20. The summed E-state index contributed by atoms with van der Waals surface area (Å²) in [6.45, 7) is 0. The van der Waals surface area contributed by atoms with E-state index in [1.165, 1.54) is 18.2 Å². The number of carbonyl (C=O) groups excluding carboxylic acids is 1. The zero-order chi connectivity index (χ0) is 16.6. The maximum Gasteiger partial charge on any atom is 0.337 e. The van der Waals surface area contributed by atoms with Gasteiger partial charge >= 0.3 is 5.97 Å². The van der Waals surface area contributed by atoms with Crippen LogP contribution in [-0.2, 0) is 4.79 Å². The lowest BCUT2D eigenvalue weighted by Gasteiger charge is -2.02. The van der Waals surface area contributed by atoms with Gasteiger partial charge in [-0.1, -0.05) is 11.6 Å². The van der Waals surface area contributed by atoms with Crippen LogP contribution in [0.25, 0.3) is 17.4 Å². The molecule has 1 fully saturated rings. The predicted molar refractivity (Wildman–Crippen MR) is 88.0 cm³/mol. The third-order valence-electron chi connectivity index (χ3n) is 3.11. The van der Waals surface area contributed by atoms with Crippen LogP contribution in [0.3, 0.4) is 0 Å². The molecule has 1 aliphatic rings. The van der Waals surface area contributed by atoms with Gasteiger partial charge in [0, 0.05) is 11.6 Å². The van der Waals surface area contributed by atoms with Crippen LogP contribution >= 0.6 is 23.8 Å². The maximum absolute atomic E-state index is 11.6. The fraction of sp³-hybridized carbons (Fsp3) is 0. The number of carboxylic acids is 1. The Bertz CT molecular complexity index is 872. The molecule has 2 aromatic rings. The number of nitrogens with one attached hydrogen (secondary N) is 2. The second kappa shape index (κ2) is 5.86. The summed E-state index contributed by atoms with van der Waals surface area (Å²) in [4.78, 5) is 22.7. The lowest BCUT2D eigenvalue weighted by Crippen LogP contribution is -2.21. The van der Waals surface area contributed by atoms with Crippen molar-refractivity contribution in [2.45, 2.75) is 0 Å². The van der Waals surface area contributed by atoms with E-state index in [4.69, 9.17) is 33.3 Å². The van der Waals surface area contributed by atoms with Crippen molar-refractivity contribution in [2.24, 2.45) is 0 Å². The SMILES string of the molecule is O=C1NC(=S)N/C1=C/c1ccc(-c2ccc(Cl)c(C(=O)O)c2)o1. The van der Waals surface area contributed by atoms with Gasteiger partial charge in [0.15, 0.2) is 5.11 Å². The van der Waals surface area contributed by atoms with Crippen LogP contribution < -0.4 is 10.6 Å². The van der Waals surface area contributed by atoms with Gasteiger partial charge in [0.1, 0.15) is 17.2 Å². The minimum Gasteiger partial charge on any atom is -0.478 e. The summed E-state index contributed by atoms with van der Waals surface area (Å²) in [6.07, 6.45) is 1.51. The monoisotopic (exact) mass is 348 g/mol. The number of rotatable bonds is 3. The van der Waals surface area contributed by atoms with E-state index >= 15 is 0 Å². The summed E-state index contributed by atoms with van der Waals surface area (Å²) in [6, 6.07) is 7.90. The van der Waals surface area contributed by atoms with Crippen molar-refractivity contribution >= 4 is 46.9 Å². The molecule has 116 valence electrons. The predicted octanol–water partition coefficient (Wildman–Crippen LogP) is 2.64. The van der Waals surface area contributed by atoms with Gasteiger partial charge in [-0.3, -0.25) is 10.1 Å². The Morgan fingerprint density at radius 1 is 1.26 bits per heavy atom. The number of thiocarbonyl (C=S) groups is 1. The second-order valence-corrected chi connectivity index (χ2v) is 5.48. The summed E-state index contributed by atoms with van der Waals surface area (Å²) in [5.41, 5.74) is 0.830. The Labute approximate surface area is 140 Å². The van der Waals surface area contributed by atoms with E-state index in [-0.39, 0.29) is 27.3 Å². The molecular weight excluding hydrogens is 340 g/mol. The van der Waals surface area contributed by atoms with Crippen molar-refractivity contribution in [1.82, 2.24) is 10.6 Å². The first-order valence-electron chi connectivity index (χ1n) is 6.41. The average molecular weight is 349 g/mol. The number of halogens is 1. The Kier molecular flexibility index (Phi) is 3.89. The van der Waals surface area contributed by atoms with Crippen molar-refractivity contribution in [3.05, 3.63) is 52.4 Å². The number of amides is 1. The van der Waals surface area contributed by atoms with Crippen LogP contribution in [0.1, 0.15) is 16.1 Å². The summed E-state index contributed by atoms with van der Waals surface area (Å²) < 4.78 is 5.61. The molecule has 0 atom stereocenters. The molecule has 3 N–H and O–H groups in total. The molecule has 0 bridgehead atoms. The number of hydrogen-bond acceptors (Lipinski definition) is 4. The molecule has 6 nitrogen and oxygen atoms in total. The molecule has 1 amide bonds. The van der Waals surface area contributed by atoms with Crippen molar-refractivity contribution in [1.29, 1.82) is 0 Å². The van der Waals surface area contributed by atoms with Crippen LogP contribution in [0, 0.1) is 0 Å². The molecule has 1 saturated heterocycles. The highest BCUT2D eigenvalue weighted by Crippen LogP contribution is 2.27. The van der Waals surface area contributed by atoms with Crippen LogP contribution in [0.5, 0.6) is 0 Å². The molecule has 23 heavy (non-hydrogen) atoms. The maximum atomic E-state index is 11.6. The van der Waals surface area contributed by atoms with E-state index in [0.29, 0.717) is 17.1 Å².